The van der Waals surface area contributed by atoms with Crippen LogP contribution in [0.25, 0.3) is 21.9 Å². The van der Waals surface area contributed by atoms with Crippen LogP contribution in [0.1, 0.15) is 21.1 Å². The molecular formula is C14H4Na2O8. The number of aromatic carboxylic acids is 2. The molecule has 0 aliphatic rings. The quantitative estimate of drug-likeness (QED) is 0.329. The summed E-state index contributed by atoms with van der Waals surface area (Å²) in [6.07, 6.45) is 0. The zero-order valence-corrected chi connectivity index (χ0v) is 16.6. The number of fused-ring (bicyclic) bond motifs is 2. The number of hydrogen-bond donors (Lipinski definition) is 0. The Kier molecular flexibility index (Phi) is 6.57. The largest absolute Gasteiger partial charge is 1.00 e. The first-order valence-electron chi connectivity index (χ1n) is 5.85. The van der Waals surface area contributed by atoms with E-state index in [4.69, 9.17) is 8.83 Å². The number of carboxylic acids is 2. The summed E-state index contributed by atoms with van der Waals surface area (Å²) in [4.78, 5) is 45.2. The molecule has 0 saturated carbocycles. The van der Waals surface area contributed by atoms with E-state index in [1.807, 2.05) is 0 Å². The molecule has 110 valence electrons. The van der Waals surface area contributed by atoms with Crippen molar-refractivity contribution in [3.05, 3.63) is 56.2 Å². The third kappa shape index (κ3) is 3.64. The van der Waals surface area contributed by atoms with E-state index in [1.54, 1.807) is 0 Å². The summed E-state index contributed by atoms with van der Waals surface area (Å²) in [5.74, 6) is -4.74. The van der Waals surface area contributed by atoms with Crippen molar-refractivity contribution in [2.45, 2.75) is 0 Å². The molecule has 0 atom stereocenters. The van der Waals surface area contributed by atoms with Gasteiger partial charge in [-0.1, -0.05) is 0 Å². The number of carbonyl (C=O) groups is 2. The molecule has 10 heteroatoms. The topological polar surface area (TPSA) is 141 Å². The molecule has 0 spiro atoms. The van der Waals surface area contributed by atoms with Crippen LogP contribution >= 0.6 is 0 Å². The molecule has 3 aromatic rings. The van der Waals surface area contributed by atoms with E-state index in [0.717, 1.165) is 12.1 Å². The van der Waals surface area contributed by atoms with Crippen LogP contribution in [0.2, 0.25) is 0 Å². The Morgan fingerprint density at radius 2 is 1.04 bits per heavy atom. The monoisotopic (exact) mass is 346 g/mol. The molecule has 8 nitrogen and oxygen atoms in total. The molecule has 0 aliphatic heterocycles. The normalized spacial score (nSPS) is 10.0. The van der Waals surface area contributed by atoms with Crippen LogP contribution in [0.5, 0.6) is 0 Å². The molecule has 0 unspecified atom stereocenters. The van der Waals surface area contributed by atoms with Crippen molar-refractivity contribution in [2.24, 2.45) is 0 Å². The zero-order valence-electron chi connectivity index (χ0n) is 12.6. The second-order valence-electron chi connectivity index (χ2n) is 4.37. The van der Waals surface area contributed by atoms with Crippen LogP contribution in [-0.2, 0) is 0 Å². The van der Waals surface area contributed by atoms with E-state index in [-0.39, 0.29) is 81.1 Å². The predicted octanol–water partition coefficient (Wildman–Crippen LogP) is -7.37. The van der Waals surface area contributed by atoms with Gasteiger partial charge in [-0.2, -0.15) is 0 Å². The summed E-state index contributed by atoms with van der Waals surface area (Å²) in [6, 6.07) is 3.63. The Morgan fingerprint density at radius 1 is 0.708 bits per heavy atom. The van der Waals surface area contributed by atoms with E-state index in [9.17, 15) is 29.4 Å². The number of carboxylic acid groups (broad SMARTS) is 2. The minimum atomic E-state index is -1.68. The third-order valence-corrected chi connectivity index (χ3v) is 2.98. The van der Waals surface area contributed by atoms with Gasteiger partial charge in [-0.25, -0.2) is 0 Å². The second-order valence-corrected chi connectivity index (χ2v) is 4.37. The molecular weight excluding hydrogens is 342 g/mol. The molecule has 0 amide bonds. The molecule has 1 aromatic carbocycles. The molecule has 0 N–H and O–H groups in total. The van der Waals surface area contributed by atoms with Crippen molar-refractivity contribution in [1.29, 1.82) is 0 Å². The average molecular weight is 346 g/mol. The summed E-state index contributed by atoms with van der Waals surface area (Å²) in [5, 5.41) is 21.4. The van der Waals surface area contributed by atoms with Crippen molar-refractivity contribution in [3.63, 3.8) is 0 Å². The summed E-state index contributed by atoms with van der Waals surface area (Å²) in [5.41, 5.74) is -1.73. The van der Waals surface area contributed by atoms with Crippen LogP contribution in [-0.4, -0.2) is 11.9 Å². The molecule has 3 rings (SSSR count). The number of hydrogen-bond acceptors (Lipinski definition) is 8. The van der Waals surface area contributed by atoms with E-state index >= 15 is 0 Å². The Labute approximate surface area is 176 Å². The van der Waals surface area contributed by atoms with Crippen LogP contribution in [0.15, 0.2) is 42.7 Å². The zero-order chi connectivity index (χ0) is 16.0. The fraction of sp³-hybridized carbons (Fsp3) is 0. The maximum Gasteiger partial charge on any atom is 1.00 e. The minimum Gasteiger partial charge on any atom is -0.542 e. The predicted molar refractivity (Wildman–Crippen MR) is 67.2 cm³/mol. The summed E-state index contributed by atoms with van der Waals surface area (Å²) >= 11 is 0. The smallest absolute Gasteiger partial charge is 0.542 e. The maximum absolute atomic E-state index is 11.9. The van der Waals surface area contributed by atoms with Crippen LogP contribution in [0.4, 0.5) is 0 Å². The molecule has 24 heavy (non-hydrogen) atoms. The van der Waals surface area contributed by atoms with Gasteiger partial charge in [0.05, 0.1) is 10.8 Å². The van der Waals surface area contributed by atoms with Gasteiger partial charge in [-0.05, 0) is 12.1 Å². The van der Waals surface area contributed by atoms with Gasteiger partial charge in [-0.15, -0.1) is 0 Å². The Hall–Kier alpha value is -1.42. The van der Waals surface area contributed by atoms with Crippen LogP contribution in [0.3, 0.4) is 0 Å². The van der Waals surface area contributed by atoms with Crippen molar-refractivity contribution in [2.75, 3.05) is 0 Å². The molecule has 2 heterocycles. The maximum atomic E-state index is 11.9. The van der Waals surface area contributed by atoms with E-state index < -0.39 is 34.3 Å². The van der Waals surface area contributed by atoms with Gasteiger partial charge < -0.3 is 28.6 Å². The fourth-order valence-corrected chi connectivity index (χ4v) is 2.00. The van der Waals surface area contributed by atoms with Crippen molar-refractivity contribution in [1.82, 2.24) is 0 Å². The van der Waals surface area contributed by atoms with E-state index in [1.165, 1.54) is 0 Å². The second kappa shape index (κ2) is 7.64. The molecule has 2 aromatic heterocycles. The van der Waals surface area contributed by atoms with Crippen molar-refractivity contribution < 1.29 is 87.8 Å². The Bertz CT molecular complexity index is 992. The van der Waals surface area contributed by atoms with Gasteiger partial charge in [0.15, 0.2) is 22.4 Å². The average Bonchev–Trinajstić information content (AvgIpc) is 2.45. The first-order valence-corrected chi connectivity index (χ1v) is 5.85. The van der Waals surface area contributed by atoms with Gasteiger partial charge in [0.2, 0.25) is 0 Å². The van der Waals surface area contributed by atoms with Crippen LogP contribution < -0.4 is 80.2 Å². The minimum absolute atomic E-state index is 0. The fourth-order valence-electron chi connectivity index (χ4n) is 2.00. The van der Waals surface area contributed by atoms with Gasteiger partial charge in [-0.3, -0.25) is 9.59 Å². The van der Waals surface area contributed by atoms with Gasteiger partial charge >= 0.3 is 59.1 Å². The van der Waals surface area contributed by atoms with Gasteiger partial charge in [0, 0.05) is 12.1 Å². The van der Waals surface area contributed by atoms with Crippen LogP contribution in [0, 0.1) is 0 Å². The first kappa shape index (κ1) is 20.6. The Balaban J connectivity index is 0.00000144. The van der Waals surface area contributed by atoms with Crippen molar-refractivity contribution >= 4 is 33.9 Å². The molecule has 0 saturated heterocycles. The standard InChI is InChI=1S/C14H6O8.2Na/c15-7-3-12(14(19)20)22-10-2-6-8(16)4-11(13(17)18)21-9(6)1-5(7)10;;/h1-4H,(H,17,18)(H,19,20);;/q;2*+1/p-2. The number of carbonyl (C=O) groups excluding carboxylic acids is 2. The van der Waals surface area contributed by atoms with Gasteiger partial charge in [0.25, 0.3) is 0 Å². The first-order chi connectivity index (χ1) is 10.4. The van der Waals surface area contributed by atoms with E-state index in [0.29, 0.717) is 12.1 Å². The Morgan fingerprint density at radius 3 is 1.33 bits per heavy atom. The number of rotatable bonds is 2. The van der Waals surface area contributed by atoms with Gasteiger partial charge in [0.1, 0.15) is 23.1 Å². The molecule has 0 fully saturated rings. The summed E-state index contributed by atoms with van der Waals surface area (Å²) in [6.45, 7) is 0. The molecule has 0 aliphatic carbocycles. The third-order valence-electron chi connectivity index (χ3n) is 2.98. The molecule has 0 bridgehead atoms. The van der Waals surface area contributed by atoms with Crippen molar-refractivity contribution in [3.8, 4) is 0 Å². The van der Waals surface area contributed by atoms with E-state index in [2.05, 4.69) is 0 Å². The SMILES string of the molecule is O=C([O-])c1cc(=O)c2cc3oc(C(=O)[O-])cc(=O)c3cc2o1.[Na+].[Na+]. The summed E-state index contributed by atoms with van der Waals surface area (Å²) < 4.78 is 9.95. The molecule has 0 radical (unpaired) electrons. The number of benzene rings is 1. The summed E-state index contributed by atoms with van der Waals surface area (Å²) in [7, 11) is 0.